The Labute approximate surface area is 206 Å². The second-order valence-electron chi connectivity index (χ2n) is 9.52. The van der Waals surface area contributed by atoms with Crippen LogP contribution >= 0.6 is 0 Å². The summed E-state index contributed by atoms with van der Waals surface area (Å²) in [5, 5.41) is 16.9. The number of morpholine rings is 1. The van der Waals surface area contributed by atoms with E-state index in [-0.39, 0.29) is 18.4 Å². The van der Waals surface area contributed by atoms with E-state index in [2.05, 4.69) is 16.0 Å². The Morgan fingerprint density at radius 2 is 1.77 bits per heavy atom. The van der Waals surface area contributed by atoms with Crippen LogP contribution in [0.1, 0.15) is 39.2 Å². The van der Waals surface area contributed by atoms with Crippen LogP contribution in [0.2, 0.25) is 0 Å². The maximum Gasteiger partial charge on any atom is 0.322 e. The number of carbonyl (C=O) groups excluding carboxylic acids is 3. The fourth-order valence-corrected chi connectivity index (χ4v) is 3.89. The number of carboxylic acids is 1. The van der Waals surface area contributed by atoms with Crippen LogP contribution in [0.5, 0.6) is 0 Å². The van der Waals surface area contributed by atoms with E-state index in [1.165, 1.54) is 0 Å². The van der Waals surface area contributed by atoms with Crippen LogP contribution in [-0.2, 0) is 30.3 Å². The third kappa shape index (κ3) is 10.0. The van der Waals surface area contributed by atoms with Gasteiger partial charge in [0.2, 0.25) is 17.7 Å². The van der Waals surface area contributed by atoms with Crippen molar-refractivity contribution in [2.75, 3.05) is 39.4 Å². The maximum atomic E-state index is 13.5. The van der Waals surface area contributed by atoms with Crippen molar-refractivity contribution in [3.63, 3.8) is 0 Å². The normalized spacial score (nSPS) is 16.7. The highest BCUT2D eigenvalue weighted by molar-refractivity contribution is 5.95. The number of carboxylic acid groups (broad SMARTS) is 1. The Morgan fingerprint density at radius 3 is 2.37 bits per heavy atom. The molecule has 1 heterocycles. The zero-order valence-corrected chi connectivity index (χ0v) is 20.8. The largest absolute Gasteiger partial charge is 0.480 e. The molecule has 10 nitrogen and oxygen atoms in total. The van der Waals surface area contributed by atoms with Gasteiger partial charge in [-0.2, -0.15) is 0 Å². The average Bonchev–Trinajstić information content (AvgIpc) is 2.81. The number of amides is 3. The Kier molecular flexibility index (Phi) is 11.1. The van der Waals surface area contributed by atoms with Gasteiger partial charge in [-0.25, -0.2) is 0 Å². The van der Waals surface area contributed by atoms with E-state index in [1.54, 1.807) is 6.92 Å². The van der Waals surface area contributed by atoms with Gasteiger partial charge in [-0.05, 0) is 37.7 Å². The molecule has 1 saturated heterocycles. The van der Waals surface area contributed by atoms with Crippen LogP contribution in [-0.4, -0.2) is 84.7 Å². The van der Waals surface area contributed by atoms with E-state index in [0.717, 1.165) is 5.56 Å². The number of hydrogen-bond acceptors (Lipinski definition) is 6. The number of rotatable bonds is 13. The Balaban J connectivity index is 2.15. The molecule has 0 radical (unpaired) electrons. The molecule has 0 aliphatic carbocycles. The number of carbonyl (C=O) groups is 4. The summed E-state index contributed by atoms with van der Waals surface area (Å²) < 4.78 is 5.33. The topological polar surface area (TPSA) is 137 Å². The third-order valence-electron chi connectivity index (χ3n) is 5.89. The van der Waals surface area contributed by atoms with Crippen LogP contribution in [0.15, 0.2) is 30.3 Å². The van der Waals surface area contributed by atoms with Crippen molar-refractivity contribution >= 4 is 23.7 Å². The van der Waals surface area contributed by atoms with Gasteiger partial charge in [-0.1, -0.05) is 44.2 Å². The van der Waals surface area contributed by atoms with Crippen molar-refractivity contribution in [3.05, 3.63) is 35.9 Å². The molecule has 1 aromatic carbocycles. The first kappa shape index (κ1) is 28.3. The fourth-order valence-electron chi connectivity index (χ4n) is 3.89. The first-order chi connectivity index (χ1) is 16.6. The van der Waals surface area contributed by atoms with Crippen LogP contribution in [0.25, 0.3) is 0 Å². The highest BCUT2D eigenvalue weighted by Gasteiger charge is 2.37. The highest BCUT2D eigenvalue weighted by Crippen LogP contribution is 2.17. The number of aryl methyl sites for hydroxylation is 1. The van der Waals surface area contributed by atoms with Gasteiger partial charge in [0.25, 0.3) is 0 Å². The van der Waals surface area contributed by atoms with Crippen molar-refractivity contribution in [2.24, 2.45) is 5.92 Å². The highest BCUT2D eigenvalue weighted by atomic mass is 16.5. The lowest BCUT2D eigenvalue weighted by molar-refractivity contribution is -0.139. The molecule has 194 valence electrons. The number of hydrogen-bond donors (Lipinski definition) is 4. The van der Waals surface area contributed by atoms with Crippen molar-refractivity contribution in [1.82, 2.24) is 20.9 Å². The van der Waals surface area contributed by atoms with Gasteiger partial charge < -0.3 is 25.8 Å². The quantitative estimate of drug-likeness (QED) is 0.317. The molecular weight excluding hydrogens is 452 g/mol. The Hall–Kier alpha value is -2.98. The molecule has 1 aliphatic heterocycles. The van der Waals surface area contributed by atoms with E-state index in [0.29, 0.717) is 45.6 Å². The molecule has 0 aromatic heterocycles. The first-order valence-electron chi connectivity index (χ1n) is 12.0. The van der Waals surface area contributed by atoms with Crippen molar-refractivity contribution < 1.29 is 29.0 Å². The van der Waals surface area contributed by atoms with Crippen molar-refractivity contribution in [1.29, 1.82) is 0 Å². The van der Waals surface area contributed by atoms with E-state index in [1.807, 2.05) is 49.1 Å². The molecule has 2 atom stereocenters. The summed E-state index contributed by atoms with van der Waals surface area (Å²) in [5.41, 5.74) is -0.256. The van der Waals surface area contributed by atoms with Crippen LogP contribution in [0.4, 0.5) is 0 Å². The molecule has 1 fully saturated rings. The summed E-state index contributed by atoms with van der Waals surface area (Å²) in [5.74, 6) is -2.44. The van der Waals surface area contributed by atoms with Gasteiger partial charge in [-0.3, -0.25) is 24.1 Å². The third-order valence-corrected chi connectivity index (χ3v) is 5.89. The summed E-state index contributed by atoms with van der Waals surface area (Å²) >= 11 is 0. The zero-order valence-electron chi connectivity index (χ0n) is 20.8. The summed E-state index contributed by atoms with van der Waals surface area (Å²) in [6.45, 7) is 7.47. The molecule has 0 saturated carbocycles. The average molecular weight is 491 g/mol. The standard InChI is InChI=1S/C25H38N4O6/c1-18(2)15-20(23(33)26-16-22(31)32)27-24(34)25(3,10-9-19-7-5-4-6-8-19)28-21(30)17-29-11-13-35-14-12-29/h4-8,18,20H,9-17H2,1-3H3,(H,26,33)(H,27,34)(H,28,30)(H,31,32). The van der Waals surface area contributed by atoms with Gasteiger partial charge in [-0.15, -0.1) is 0 Å². The van der Waals surface area contributed by atoms with Crippen molar-refractivity contribution in [2.45, 2.75) is 51.6 Å². The Bertz CT molecular complexity index is 857. The van der Waals surface area contributed by atoms with E-state index in [4.69, 9.17) is 9.84 Å². The van der Waals surface area contributed by atoms with Gasteiger partial charge >= 0.3 is 5.97 Å². The number of nitrogens with one attached hydrogen (secondary N) is 3. The molecule has 0 spiro atoms. The minimum absolute atomic E-state index is 0.0716. The van der Waals surface area contributed by atoms with Gasteiger partial charge in [0.1, 0.15) is 18.1 Å². The molecule has 10 heteroatoms. The summed E-state index contributed by atoms with van der Waals surface area (Å²) in [6, 6.07) is 8.72. The lowest BCUT2D eigenvalue weighted by Crippen LogP contribution is -2.62. The monoisotopic (exact) mass is 490 g/mol. The second kappa shape index (κ2) is 13.8. The molecule has 2 unspecified atom stereocenters. The van der Waals surface area contributed by atoms with Crippen LogP contribution in [0, 0.1) is 5.92 Å². The number of aliphatic carboxylic acids is 1. The Morgan fingerprint density at radius 1 is 1.11 bits per heavy atom. The summed E-state index contributed by atoms with van der Waals surface area (Å²) in [6.07, 6.45) is 1.19. The number of nitrogens with zero attached hydrogens (tertiary/aromatic N) is 1. The second-order valence-corrected chi connectivity index (χ2v) is 9.52. The fraction of sp³-hybridized carbons (Fsp3) is 0.600. The molecule has 4 N–H and O–H groups in total. The minimum Gasteiger partial charge on any atom is -0.480 e. The SMILES string of the molecule is CC(C)CC(NC(=O)C(C)(CCc1ccccc1)NC(=O)CN1CCOCC1)C(=O)NCC(=O)O. The van der Waals surface area contributed by atoms with Gasteiger partial charge in [0.15, 0.2) is 0 Å². The molecule has 0 bridgehead atoms. The van der Waals surface area contributed by atoms with Gasteiger partial charge in [0.05, 0.1) is 19.8 Å². The molecular formula is C25H38N4O6. The van der Waals surface area contributed by atoms with E-state index in [9.17, 15) is 19.2 Å². The number of ether oxygens (including phenoxy) is 1. The van der Waals surface area contributed by atoms with Crippen molar-refractivity contribution in [3.8, 4) is 0 Å². The lowest BCUT2D eigenvalue weighted by atomic mass is 9.91. The maximum absolute atomic E-state index is 13.5. The molecule has 1 aromatic rings. The zero-order chi connectivity index (χ0) is 25.8. The summed E-state index contributed by atoms with van der Waals surface area (Å²) in [7, 11) is 0. The minimum atomic E-state index is -1.28. The molecule has 35 heavy (non-hydrogen) atoms. The molecule has 2 rings (SSSR count). The predicted molar refractivity (Wildman–Crippen MR) is 131 cm³/mol. The number of benzene rings is 1. The van der Waals surface area contributed by atoms with Gasteiger partial charge in [0, 0.05) is 13.1 Å². The molecule has 3 amide bonds. The first-order valence-corrected chi connectivity index (χ1v) is 12.0. The van der Waals surface area contributed by atoms with E-state index < -0.39 is 35.9 Å². The van der Waals surface area contributed by atoms with E-state index >= 15 is 0 Å². The predicted octanol–water partition coefficient (Wildman–Crippen LogP) is 0.558. The summed E-state index contributed by atoms with van der Waals surface area (Å²) in [4.78, 5) is 51.8. The lowest BCUT2D eigenvalue weighted by Gasteiger charge is -2.33. The molecule has 1 aliphatic rings. The smallest absolute Gasteiger partial charge is 0.322 e. The van der Waals surface area contributed by atoms with Crippen LogP contribution < -0.4 is 16.0 Å². The van der Waals surface area contributed by atoms with Crippen LogP contribution in [0.3, 0.4) is 0 Å².